The quantitative estimate of drug-likeness (QED) is 0.395. The number of amides is 2. The number of methoxy groups -OCH3 is 1. The van der Waals surface area contributed by atoms with Crippen LogP contribution in [0.4, 0.5) is 15.5 Å². The zero-order valence-corrected chi connectivity index (χ0v) is 23.4. The molecule has 2 aromatic carbocycles. The summed E-state index contributed by atoms with van der Waals surface area (Å²) in [5.41, 5.74) is 1.76. The van der Waals surface area contributed by atoms with Crippen LogP contribution in [0.2, 0.25) is 0 Å². The lowest BCUT2D eigenvalue weighted by molar-refractivity contribution is 0.0526. The summed E-state index contributed by atoms with van der Waals surface area (Å²) in [4.78, 5) is 40.3. The molecule has 2 heterocycles. The van der Waals surface area contributed by atoms with Crippen LogP contribution in [0.15, 0.2) is 59.5 Å². The van der Waals surface area contributed by atoms with Gasteiger partial charge in [-0.2, -0.15) is 0 Å². The molecule has 0 fully saturated rings. The van der Waals surface area contributed by atoms with Gasteiger partial charge in [0.25, 0.3) is 15.9 Å². The zero-order valence-electron chi connectivity index (χ0n) is 21.8. The van der Waals surface area contributed by atoms with E-state index in [0.29, 0.717) is 23.7 Å². The maximum atomic E-state index is 13.3. The smallest absolute Gasteiger partial charge is 0.409 e. The monoisotopic (exact) mass is 571 g/mol. The van der Waals surface area contributed by atoms with Gasteiger partial charge in [-0.25, -0.2) is 18.0 Å². The first-order chi connectivity index (χ1) is 18.7. The highest BCUT2D eigenvalue weighted by atomic mass is 32.2. The number of carbonyl (C=O) groups is 3. The molecule has 1 aliphatic heterocycles. The van der Waals surface area contributed by atoms with Gasteiger partial charge in [0.15, 0.2) is 0 Å². The molecule has 3 aromatic rings. The van der Waals surface area contributed by atoms with Crippen LogP contribution in [0, 0.1) is 0 Å². The van der Waals surface area contributed by atoms with E-state index in [0.717, 1.165) is 10.4 Å². The summed E-state index contributed by atoms with van der Waals surface area (Å²) < 4.78 is 37.9. The number of esters is 1. The van der Waals surface area contributed by atoms with Gasteiger partial charge in [-0.05, 0) is 62.2 Å². The first kappa shape index (κ1) is 28.1. The van der Waals surface area contributed by atoms with E-state index < -0.39 is 28.0 Å². The van der Waals surface area contributed by atoms with Crippen molar-refractivity contribution in [1.82, 2.24) is 4.90 Å². The van der Waals surface area contributed by atoms with Crippen LogP contribution in [0.3, 0.4) is 0 Å². The van der Waals surface area contributed by atoms with Crippen LogP contribution < -0.4 is 9.62 Å². The minimum absolute atomic E-state index is 0.0476. The summed E-state index contributed by atoms with van der Waals surface area (Å²) in [7, 11) is -2.54. The molecule has 2 amide bonds. The Hall–Kier alpha value is -3.90. The molecular formula is C27H29N3O7S2. The summed E-state index contributed by atoms with van der Waals surface area (Å²) in [5, 5.41) is 3.10. The van der Waals surface area contributed by atoms with Crippen LogP contribution in [0.25, 0.3) is 0 Å². The average molecular weight is 572 g/mol. The van der Waals surface area contributed by atoms with Crippen molar-refractivity contribution in [2.75, 3.05) is 36.4 Å². The number of anilines is 2. The molecule has 1 aromatic heterocycles. The largest absolute Gasteiger partial charge is 0.462 e. The fourth-order valence-electron chi connectivity index (χ4n) is 4.36. The zero-order chi connectivity index (χ0) is 28.2. The third kappa shape index (κ3) is 5.76. The number of hydrogen-bond acceptors (Lipinski definition) is 8. The molecule has 12 heteroatoms. The van der Waals surface area contributed by atoms with Gasteiger partial charge >= 0.3 is 12.1 Å². The van der Waals surface area contributed by atoms with E-state index >= 15 is 0 Å². The molecule has 4 rings (SSSR count). The number of thiophene rings is 1. The van der Waals surface area contributed by atoms with E-state index in [1.165, 1.54) is 51.9 Å². The molecule has 0 saturated heterocycles. The van der Waals surface area contributed by atoms with Crippen LogP contribution in [0.1, 0.15) is 45.0 Å². The summed E-state index contributed by atoms with van der Waals surface area (Å²) in [6.45, 7) is 4.46. The fourth-order valence-corrected chi connectivity index (χ4v) is 7.08. The molecule has 0 spiro atoms. The molecule has 0 atom stereocenters. The topological polar surface area (TPSA) is 122 Å². The van der Waals surface area contributed by atoms with Crippen LogP contribution in [-0.2, 0) is 32.5 Å². The number of sulfonamides is 1. The highest BCUT2D eigenvalue weighted by Gasteiger charge is 2.31. The predicted octanol–water partition coefficient (Wildman–Crippen LogP) is 4.52. The first-order valence-corrected chi connectivity index (χ1v) is 14.6. The maximum Gasteiger partial charge on any atom is 0.409 e. The molecule has 1 N–H and O–H groups in total. The molecule has 206 valence electrons. The summed E-state index contributed by atoms with van der Waals surface area (Å²) in [6.07, 6.45) is -0.0615. The molecule has 39 heavy (non-hydrogen) atoms. The number of benzene rings is 2. The summed E-state index contributed by atoms with van der Waals surface area (Å²) in [6, 6.07) is 14.4. The van der Waals surface area contributed by atoms with E-state index in [-0.39, 0.29) is 35.7 Å². The van der Waals surface area contributed by atoms with Crippen molar-refractivity contribution in [2.45, 2.75) is 31.7 Å². The number of nitrogens with one attached hydrogen (secondary N) is 1. The second kappa shape index (κ2) is 11.9. The predicted molar refractivity (Wildman–Crippen MR) is 148 cm³/mol. The minimum Gasteiger partial charge on any atom is -0.462 e. The van der Waals surface area contributed by atoms with Gasteiger partial charge in [0.1, 0.15) is 5.00 Å². The molecule has 0 unspecified atom stereocenters. The fraction of sp³-hybridized carbons (Fsp3) is 0.296. The molecule has 0 aliphatic carbocycles. The van der Waals surface area contributed by atoms with Crippen molar-refractivity contribution in [3.05, 3.63) is 76.2 Å². The lowest BCUT2D eigenvalue weighted by atomic mass is 10.0. The highest BCUT2D eigenvalue weighted by Crippen LogP contribution is 2.38. The molecule has 0 saturated carbocycles. The Morgan fingerprint density at radius 2 is 1.74 bits per heavy atom. The molecule has 1 aliphatic rings. The molecule has 10 nitrogen and oxygen atoms in total. The lowest BCUT2D eigenvalue weighted by Crippen LogP contribution is -2.35. The lowest BCUT2D eigenvalue weighted by Gasteiger charge is -2.25. The molecule has 0 bridgehead atoms. The Bertz CT molecular complexity index is 1470. The number of hydrogen-bond donors (Lipinski definition) is 1. The van der Waals surface area contributed by atoms with E-state index in [1.54, 1.807) is 38.1 Å². The van der Waals surface area contributed by atoms with Crippen molar-refractivity contribution in [1.29, 1.82) is 0 Å². The van der Waals surface area contributed by atoms with E-state index in [2.05, 4.69) is 5.32 Å². The molecular weight excluding hydrogens is 542 g/mol. The van der Waals surface area contributed by atoms with Crippen LogP contribution in [0.5, 0.6) is 0 Å². The average Bonchev–Trinajstić information content (AvgIpc) is 3.30. The highest BCUT2D eigenvalue weighted by molar-refractivity contribution is 7.92. The Morgan fingerprint density at radius 3 is 2.36 bits per heavy atom. The number of rotatable bonds is 8. The summed E-state index contributed by atoms with van der Waals surface area (Å²) in [5.74, 6) is -1.07. The number of ether oxygens (including phenoxy) is 2. The van der Waals surface area contributed by atoms with E-state index in [9.17, 15) is 22.8 Å². The van der Waals surface area contributed by atoms with Gasteiger partial charge in [0.05, 0.1) is 36.4 Å². The Morgan fingerprint density at radius 1 is 1.05 bits per heavy atom. The third-order valence-electron chi connectivity index (χ3n) is 6.23. The standard InChI is InChI=1S/C27H29N3O7S2/c1-4-30(19-9-7-6-8-10-19)39(34,35)20-13-11-18(12-14-20)24(31)28-25-23(26(32)37-5-2)21-15-16-29(27(33)36-3)17-22(21)38-25/h6-14H,4-5,15-17H2,1-3H3,(H,28,31). The van der Waals surface area contributed by atoms with Gasteiger partial charge in [-0.3, -0.25) is 9.10 Å². The Labute approximate surface area is 231 Å². The van der Waals surface area contributed by atoms with Gasteiger partial charge in [0, 0.05) is 23.5 Å². The van der Waals surface area contributed by atoms with Crippen molar-refractivity contribution in [3.8, 4) is 0 Å². The van der Waals surface area contributed by atoms with Crippen LogP contribution in [-0.4, -0.2) is 58.1 Å². The van der Waals surface area contributed by atoms with E-state index in [4.69, 9.17) is 9.47 Å². The number of fused-ring (bicyclic) bond motifs is 1. The Balaban J connectivity index is 1.58. The second-order valence-corrected chi connectivity index (χ2v) is 11.5. The van der Waals surface area contributed by atoms with Crippen molar-refractivity contribution < 1.29 is 32.3 Å². The first-order valence-electron chi connectivity index (χ1n) is 12.3. The maximum absolute atomic E-state index is 13.3. The van der Waals surface area contributed by atoms with Gasteiger partial charge in [-0.15, -0.1) is 11.3 Å². The van der Waals surface area contributed by atoms with Crippen molar-refractivity contribution in [2.24, 2.45) is 0 Å². The second-order valence-electron chi connectivity index (χ2n) is 8.55. The third-order valence-corrected chi connectivity index (χ3v) is 9.28. The van der Waals surface area contributed by atoms with E-state index in [1.807, 2.05) is 6.07 Å². The van der Waals surface area contributed by atoms with Crippen molar-refractivity contribution >= 4 is 50.0 Å². The van der Waals surface area contributed by atoms with Gasteiger partial charge in [-0.1, -0.05) is 18.2 Å². The van der Waals surface area contributed by atoms with Gasteiger partial charge < -0.3 is 19.7 Å². The molecule has 0 radical (unpaired) electrons. The number of nitrogens with zero attached hydrogens (tertiary/aromatic N) is 2. The van der Waals surface area contributed by atoms with Crippen LogP contribution >= 0.6 is 11.3 Å². The SMILES string of the molecule is CCOC(=O)c1c(NC(=O)c2ccc(S(=O)(=O)N(CC)c3ccccc3)cc2)sc2c1CCN(C(=O)OC)C2. The minimum atomic E-state index is -3.85. The number of para-hydroxylation sites is 1. The summed E-state index contributed by atoms with van der Waals surface area (Å²) >= 11 is 1.20. The van der Waals surface area contributed by atoms with Gasteiger partial charge in [0.2, 0.25) is 0 Å². The van der Waals surface area contributed by atoms with Crippen molar-refractivity contribution in [3.63, 3.8) is 0 Å². The normalized spacial score (nSPS) is 12.8. The Kier molecular flexibility index (Phi) is 8.56. The number of carbonyl (C=O) groups excluding carboxylic acids is 3.